The summed E-state index contributed by atoms with van der Waals surface area (Å²) in [6.45, 7) is 5.61. The quantitative estimate of drug-likeness (QED) is 0.326. The number of ether oxygens (including phenoxy) is 3. The molecule has 3 heterocycles. The van der Waals surface area contributed by atoms with E-state index in [0.717, 1.165) is 51.4 Å². The molecule has 0 unspecified atom stereocenters. The monoisotopic (exact) mass is 836 g/mol. The normalized spacial score (nSPS) is 31.1. The van der Waals surface area contributed by atoms with Crippen molar-refractivity contribution in [1.82, 2.24) is 29.8 Å². The van der Waals surface area contributed by atoms with E-state index in [1.807, 2.05) is 0 Å². The van der Waals surface area contributed by atoms with Crippen LogP contribution in [0, 0.1) is 17.8 Å². The number of carbonyl (C=O) groups excluding carboxylic acids is 4. The molecule has 3 N–H and O–H groups in total. The molecule has 4 aliphatic carbocycles. The van der Waals surface area contributed by atoms with Gasteiger partial charge in [-0.1, -0.05) is 31.8 Å². The van der Waals surface area contributed by atoms with Crippen LogP contribution in [-0.4, -0.2) is 94.9 Å². The van der Waals surface area contributed by atoms with Crippen molar-refractivity contribution in [2.45, 2.75) is 144 Å². The molecule has 4 amide bonds. The maximum absolute atomic E-state index is 14.9. The predicted octanol–water partition coefficient (Wildman–Crippen LogP) is 3.84. The van der Waals surface area contributed by atoms with Crippen LogP contribution >= 0.6 is 0 Å². The number of nitrogens with one attached hydrogen (secondary N) is 3. The van der Waals surface area contributed by atoms with Gasteiger partial charge >= 0.3 is 6.09 Å². The summed E-state index contributed by atoms with van der Waals surface area (Å²) in [4.78, 5) is 77.2. The molecule has 0 spiro atoms. The van der Waals surface area contributed by atoms with Gasteiger partial charge in [0.15, 0.2) is 0 Å². The van der Waals surface area contributed by atoms with E-state index in [1.165, 1.54) is 22.7 Å². The topological polar surface area (TPSA) is 204 Å². The first-order valence-corrected chi connectivity index (χ1v) is 22.8. The molecule has 5 fully saturated rings. The molecule has 59 heavy (non-hydrogen) atoms. The summed E-state index contributed by atoms with van der Waals surface area (Å²) in [5, 5.41) is 6.15. The van der Waals surface area contributed by atoms with Crippen molar-refractivity contribution in [3.8, 4) is 11.8 Å². The van der Waals surface area contributed by atoms with E-state index in [-0.39, 0.29) is 48.9 Å². The van der Waals surface area contributed by atoms with Crippen LogP contribution in [0.4, 0.5) is 4.79 Å². The molecule has 0 radical (unpaired) electrons. The summed E-state index contributed by atoms with van der Waals surface area (Å²) >= 11 is 0. The van der Waals surface area contributed by atoms with Crippen molar-refractivity contribution < 1.29 is 41.8 Å². The Hall–Kier alpha value is -4.67. The van der Waals surface area contributed by atoms with Crippen molar-refractivity contribution in [3.05, 3.63) is 41.2 Å². The second-order valence-corrected chi connectivity index (χ2v) is 20.0. The van der Waals surface area contributed by atoms with Gasteiger partial charge in [0, 0.05) is 24.9 Å². The van der Waals surface area contributed by atoms with Crippen LogP contribution < -0.4 is 30.4 Å². The zero-order valence-corrected chi connectivity index (χ0v) is 34.7. The van der Waals surface area contributed by atoms with Crippen LogP contribution in [0.2, 0.25) is 0 Å². The lowest BCUT2D eigenvalue weighted by Gasteiger charge is -2.32. The molecule has 6 aliphatic rings. The lowest BCUT2D eigenvalue weighted by molar-refractivity contribution is -0.142. The van der Waals surface area contributed by atoms with Crippen LogP contribution in [0.15, 0.2) is 35.6 Å². The molecule has 1 aromatic heterocycles. The van der Waals surface area contributed by atoms with Gasteiger partial charge in [-0.3, -0.25) is 28.5 Å². The lowest BCUT2D eigenvalue weighted by atomic mass is 9.96. The molecule has 7 atom stereocenters. The Bertz CT molecular complexity index is 2180. The van der Waals surface area contributed by atoms with E-state index in [2.05, 4.69) is 21.9 Å². The van der Waals surface area contributed by atoms with E-state index in [1.54, 1.807) is 25.1 Å². The maximum atomic E-state index is 14.9. The minimum Gasteiger partial charge on any atom is -0.497 e. The van der Waals surface area contributed by atoms with E-state index in [9.17, 15) is 32.4 Å². The molecular formula is C42H56N6O10S. The lowest BCUT2D eigenvalue weighted by Crippen LogP contribution is -2.59. The first-order chi connectivity index (χ1) is 28.3. The van der Waals surface area contributed by atoms with Crippen LogP contribution in [0.5, 0.6) is 11.8 Å². The average molecular weight is 837 g/mol. The van der Waals surface area contributed by atoms with Crippen molar-refractivity contribution in [2.24, 2.45) is 17.8 Å². The standard InChI is InChI=1S/C42H56N6O10S/c1-4-27-23-42(27,38(52)46-59(54,55)41(2)18-19-41)45-35(49)32-22-29-24-48(32)37(51)34(26-12-7-8-13-26)44-40(53)58-33-15-10-14-25(33)11-6-5-9-20-47-36(50)30-17-16-28(56-3)21-31(30)43-39(47)57-29/h4,16-17,21,25-27,29,32-34H,1,5-15,18-20,22-24H2,2-3H3,(H,44,53)(H,45,49)(H,46,52)/t25-,27-,29-,32+,33-,34+,42+/m1/s1. The number of hydrogen-bond acceptors (Lipinski definition) is 11. The Balaban J connectivity index is 1.14. The molecule has 8 rings (SSSR count). The van der Waals surface area contributed by atoms with Gasteiger partial charge in [-0.2, -0.15) is 4.98 Å². The molecule has 4 saturated carbocycles. The Morgan fingerprint density at radius 3 is 2.44 bits per heavy atom. The largest absolute Gasteiger partial charge is 0.497 e. The molecule has 16 nitrogen and oxygen atoms in total. The highest BCUT2D eigenvalue weighted by molar-refractivity contribution is 7.91. The van der Waals surface area contributed by atoms with Gasteiger partial charge in [-0.25, -0.2) is 13.2 Å². The van der Waals surface area contributed by atoms with Gasteiger partial charge < -0.3 is 29.7 Å². The van der Waals surface area contributed by atoms with Gasteiger partial charge in [0.2, 0.25) is 21.8 Å². The number of benzene rings is 1. The summed E-state index contributed by atoms with van der Waals surface area (Å²) in [6, 6.07) is 2.89. The highest BCUT2D eigenvalue weighted by Crippen LogP contribution is 2.47. The fourth-order valence-corrected chi connectivity index (χ4v) is 11.0. The zero-order valence-electron chi connectivity index (χ0n) is 33.9. The number of hydrogen-bond donors (Lipinski definition) is 3. The van der Waals surface area contributed by atoms with E-state index in [4.69, 9.17) is 19.2 Å². The van der Waals surface area contributed by atoms with Gasteiger partial charge in [0.1, 0.15) is 35.6 Å². The Morgan fingerprint density at radius 2 is 1.73 bits per heavy atom. The SMILES string of the molecule is C=C[C@@H]1C[C@@]1(NC(=O)[C@@H]1C[C@@H]2CN1C(=O)[C@H](C1CCCC1)NC(=O)O[C@@H]1CCC[C@H]1CCCCCn1c(nc3cc(OC)ccc3c1=O)O2)C(=O)NS(=O)(=O)C1(C)CC1. The number of nitrogens with zero attached hydrogens (tertiary/aromatic N) is 3. The number of sulfonamides is 1. The summed E-state index contributed by atoms with van der Waals surface area (Å²) < 4.78 is 46.9. The number of alkyl carbamates (subject to hydrolysis) is 1. The highest BCUT2D eigenvalue weighted by Gasteiger charge is 2.63. The van der Waals surface area contributed by atoms with Gasteiger partial charge in [-0.05, 0) is 95.1 Å². The summed E-state index contributed by atoms with van der Waals surface area (Å²) in [5.41, 5.74) is -1.52. The molecule has 1 saturated heterocycles. The summed E-state index contributed by atoms with van der Waals surface area (Å²) in [6.07, 6.45) is 9.62. The number of amides is 4. The third-order valence-corrected chi connectivity index (χ3v) is 16.0. The van der Waals surface area contributed by atoms with Gasteiger partial charge in [0.25, 0.3) is 17.5 Å². The number of aromatic nitrogens is 2. The number of carbonyl (C=O) groups is 4. The predicted molar refractivity (Wildman–Crippen MR) is 216 cm³/mol. The van der Waals surface area contributed by atoms with E-state index < -0.39 is 68.2 Å². The second kappa shape index (κ2) is 16.1. The average Bonchev–Trinajstić information content (AvgIpc) is 3.83. The van der Waals surface area contributed by atoms with Crippen molar-refractivity contribution in [3.63, 3.8) is 0 Å². The van der Waals surface area contributed by atoms with Crippen LogP contribution in [-0.2, 0) is 35.7 Å². The molecule has 2 bridgehead atoms. The van der Waals surface area contributed by atoms with Gasteiger partial charge in [0.05, 0.1) is 29.3 Å². The fraction of sp³-hybridized carbons (Fsp3) is 0.667. The smallest absolute Gasteiger partial charge is 0.408 e. The fourth-order valence-electron chi connectivity index (χ4n) is 9.73. The Morgan fingerprint density at radius 1 is 1.00 bits per heavy atom. The molecule has 320 valence electrons. The van der Waals surface area contributed by atoms with E-state index in [0.29, 0.717) is 55.3 Å². The number of rotatable bonds is 8. The second-order valence-electron chi connectivity index (χ2n) is 17.8. The molecule has 17 heteroatoms. The van der Waals surface area contributed by atoms with E-state index >= 15 is 0 Å². The molecule has 2 aliphatic heterocycles. The summed E-state index contributed by atoms with van der Waals surface area (Å²) in [7, 11) is -2.50. The first-order valence-electron chi connectivity index (χ1n) is 21.3. The number of fused-ring (bicyclic) bond motifs is 5. The third-order valence-electron chi connectivity index (χ3n) is 13.8. The van der Waals surface area contributed by atoms with Crippen molar-refractivity contribution in [1.29, 1.82) is 0 Å². The van der Waals surface area contributed by atoms with Crippen molar-refractivity contribution in [2.75, 3.05) is 13.7 Å². The minimum absolute atomic E-state index is 0.0397. The molecular weight excluding hydrogens is 781 g/mol. The zero-order chi connectivity index (χ0) is 41.7. The summed E-state index contributed by atoms with van der Waals surface area (Å²) in [5.74, 6) is -2.09. The van der Waals surface area contributed by atoms with Gasteiger partial charge in [-0.15, -0.1) is 6.58 Å². The van der Waals surface area contributed by atoms with Crippen molar-refractivity contribution >= 4 is 44.7 Å². The Kier molecular flexibility index (Phi) is 11.2. The number of methoxy groups -OCH3 is 1. The molecule has 2 aromatic rings. The Labute approximate surface area is 344 Å². The first kappa shape index (κ1) is 41.1. The molecule has 1 aromatic carbocycles. The minimum atomic E-state index is -4.02. The van der Waals surface area contributed by atoms with Crippen LogP contribution in [0.3, 0.4) is 0 Å². The van der Waals surface area contributed by atoms with Crippen LogP contribution in [0.25, 0.3) is 10.9 Å². The maximum Gasteiger partial charge on any atom is 0.408 e. The third kappa shape index (κ3) is 8.02. The van der Waals surface area contributed by atoms with Crippen LogP contribution in [0.1, 0.15) is 103 Å². The highest BCUT2D eigenvalue weighted by atomic mass is 32.2.